The minimum atomic E-state index is 0.100. The highest BCUT2D eigenvalue weighted by Gasteiger charge is 2.20. The van der Waals surface area contributed by atoms with E-state index >= 15 is 0 Å². The van der Waals surface area contributed by atoms with Crippen LogP contribution in [0.5, 0.6) is 0 Å². The first kappa shape index (κ1) is 16.0. The van der Waals surface area contributed by atoms with Crippen molar-refractivity contribution in [3.05, 3.63) is 5.89 Å². The maximum atomic E-state index is 5.61. The Morgan fingerprint density at radius 2 is 1.89 bits per heavy atom. The molecule has 0 aromatic carbocycles. The quantitative estimate of drug-likeness (QED) is 0.795. The summed E-state index contributed by atoms with van der Waals surface area (Å²) < 4.78 is 5.61. The summed E-state index contributed by atoms with van der Waals surface area (Å²) in [6.07, 6.45) is 1.09. The topological polar surface area (TPSA) is 63.0 Å². The SMILES string of the molecule is CCCNC(C)c1nnc(NCC(C)C(C)(C)C)o1. The zero-order chi connectivity index (χ0) is 14.5. The van der Waals surface area contributed by atoms with E-state index in [4.69, 9.17) is 4.42 Å². The minimum Gasteiger partial charge on any atom is -0.406 e. The summed E-state index contributed by atoms with van der Waals surface area (Å²) in [4.78, 5) is 0. The van der Waals surface area contributed by atoms with Gasteiger partial charge in [-0.05, 0) is 31.2 Å². The number of anilines is 1. The number of hydrogen-bond acceptors (Lipinski definition) is 5. The van der Waals surface area contributed by atoms with Crippen LogP contribution < -0.4 is 10.6 Å². The number of nitrogens with one attached hydrogen (secondary N) is 2. The van der Waals surface area contributed by atoms with Crippen molar-refractivity contribution in [1.82, 2.24) is 15.5 Å². The van der Waals surface area contributed by atoms with Crippen LogP contribution in [0.3, 0.4) is 0 Å². The number of hydrogen-bond donors (Lipinski definition) is 2. The predicted octanol–water partition coefficient (Wildman–Crippen LogP) is 3.22. The highest BCUT2D eigenvalue weighted by molar-refractivity contribution is 5.17. The molecule has 1 aromatic rings. The van der Waals surface area contributed by atoms with Crippen molar-refractivity contribution < 1.29 is 4.42 Å². The molecule has 2 N–H and O–H groups in total. The summed E-state index contributed by atoms with van der Waals surface area (Å²) >= 11 is 0. The summed E-state index contributed by atoms with van der Waals surface area (Å²) in [5, 5.41) is 14.6. The van der Waals surface area contributed by atoms with Crippen LogP contribution in [0, 0.1) is 11.3 Å². The number of aromatic nitrogens is 2. The van der Waals surface area contributed by atoms with Gasteiger partial charge in [0.1, 0.15) is 0 Å². The van der Waals surface area contributed by atoms with Crippen LogP contribution in [0.4, 0.5) is 6.01 Å². The molecule has 0 radical (unpaired) electrons. The van der Waals surface area contributed by atoms with Gasteiger partial charge in [-0.1, -0.05) is 39.7 Å². The van der Waals surface area contributed by atoms with Crippen molar-refractivity contribution in [3.8, 4) is 0 Å². The Hall–Kier alpha value is -1.10. The van der Waals surface area contributed by atoms with Crippen molar-refractivity contribution in [2.75, 3.05) is 18.4 Å². The Morgan fingerprint density at radius 1 is 1.21 bits per heavy atom. The van der Waals surface area contributed by atoms with Gasteiger partial charge in [-0.25, -0.2) is 0 Å². The lowest BCUT2D eigenvalue weighted by molar-refractivity contribution is 0.273. The maximum Gasteiger partial charge on any atom is 0.315 e. The zero-order valence-electron chi connectivity index (χ0n) is 13.1. The number of nitrogens with zero attached hydrogens (tertiary/aromatic N) is 2. The Balaban J connectivity index is 2.47. The highest BCUT2D eigenvalue weighted by atomic mass is 16.4. The van der Waals surface area contributed by atoms with E-state index in [0.29, 0.717) is 17.8 Å². The fourth-order valence-electron chi connectivity index (χ4n) is 1.48. The second-order valence-electron chi connectivity index (χ2n) is 6.27. The lowest BCUT2D eigenvalue weighted by Crippen LogP contribution is -2.24. The third-order valence-corrected chi connectivity index (χ3v) is 3.55. The first-order chi connectivity index (χ1) is 8.84. The first-order valence-corrected chi connectivity index (χ1v) is 7.15. The molecule has 0 fully saturated rings. The maximum absolute atomic E-state index is 5.61. The van der Waals surface area contributed by atoms with Gasteiger partial charge in [-0.3, -0.25) is 0 Å². The second-order valence-corrected chi connectivity index (χ2v) is 6.27. The van der Waals surface area contributed by atoms with Crippen molar-refractivity contribution in [3.63, 3.8) is 0 Å². The molecule has 1 rings (SSSR count). The molecule has 0 saturated carbocycles. The Labute approximate surface area is 116 Å². The van der Waals surface area contributed by atoms with Gasteiger partial charge >= 0.3 is 6.01 Å². The summed E-state index contributed by atoms with van der Waals surface area (Å²) in [7, 11) is 0. The molecule has 0 aliphatic rings. The molecule has 0 bridgehead atoms. The molecule has 0 aliphatic carbocycles. The van der Waals surface area contributed by atoms with Gasteiger partial charge < -0.3 is 15.1 Å². The van der Waals surface area contributed by atoms with Crippen molar-refractivity contribution in [2.45, 2.75) is 54.0 Å². The first-order valence-electron chi connectivity index (χ1n) is 7.15. The minimum absolute atomic E-state index is 0.100. The predicted molar refractivity (Wildman–Crippen MR) is 78.1 cm³/mol. The van der Waals surface area contributed by atoms with Crippen molar-refractivity contribution >= 4 is 6.01 Å². The Morgan fingerprint density at radius 3 is 2.47 bits per heavy atom. The largest absolute Gasteiger partial charge is 0.406 e. The second kappa shape index (κ2) is 6.89. The third kappa shape index (κ3) is 5.19. The smallest absolute Gasteiger partial charge is 0.315 e. The molecular formula is C14H28N4O. The lowest BCUT2D eigenvalue weighted by atomic mass is 9.82. The monoisotopic (exact) mass is 268 g/mol. The number of rotatable bonds is 7. The molecule has 110 valence electrons. The highest BCUT2D eigenvalue weighted by Crippen LogP contribution is 2.25. The third-order valence-electron chi connectivity index (χ3n) is 3.55. The summed E-state index contributed by atoms with van der Waals surface area (Å²) in [6, 6.07) is 0.610. The fourth-order valence-corrected chi connectivity index (χ4v) is 1.48. The Bertz CT molecular complexity index is 370. The molecule has 1 aromatic heterocycles. The Kier molecular flexibility index (Phi) is 5.79. The molecule has 0 saturated heterocycles. The van der Waals surface area contributed by atoms with E-state index in [-0.39, 0.29) is 11.5 Å². The molecule has 19 heavy (non-hydrogen) atoms. The molecule has 0 spiro atoms. The average Bonchev–Trinajstić information content (AvgIpc) is 2.80. The van der Waals surface area contributed by atoms with Gasteiger partial charge in [0.2, 0.25) is 5.89 Å². The summed E-state index contributed by atoms with van der Waals surface area (Å²) in [6.45, 7) is 14.9. The van der Waals surface area contributed by atoms with Gasteiger partial charge in [-0.2, -0.15) is 0 Å². The molecule has 5 nitrogen and oxygen atoms in total. The van der Waals surface area contributed by atoms with Crippen molar-refractivity contribution in [2.24, 2.45) is 11.3 Å². The molecule has 0 amide bonds. The van der Waals surface area contributed by atoms with Gasteiger partial charge in [0.15, 0.2) is 0 Å². The average molecular weight is 268 g/mol. The zero-order valence-corrected chi connectivity index (χ0v) is 13.1. The molecule has 5 heteroatoms. The van der Waals surface area contributed by atoms with Crippen LogP contribution in [0.1, 0.15) is 59.9 Å². The normalized spacial score (nSPS) is 15.3. The molecule has 1 heterocycles. The summed E-state index contributed by atoms with van der Waals surface area (Å²) in [5.74, 6) is 1.16. The van der Waals surface area contributed by atoms with E-state index < -0.39 is 0 Å². The van der Waals surface area contributed by atoms with E-state index in [1.54, 1.807) is 0 Å². The van der Waals surface area contributed by atoms with Gasteiger partial charge in [0, 0.05) is 6.54 Å². The van der Waals surface area contributed by atoms with Crippen LogP contribution in [0.25, 0.3) is 0 Å². The van der Waals surface area contributed by atoms with Gasteiger partial charge in [-0.15, -0.1) is 5.10 Å². The van der Waals surface area contributed by atoms with E-state index in [1.165, 1.54) is 0 Å². The van der Waals surface area contributed by atoms with E-state index in [1.807, 2.05) is 6.92 Å². The van der Waals surface area contributed by atoms with Crippen LogP contribution in [0.2, 0.25) is 0 Å². The lowest BCUT2D eigenvalue weighted by Gasteiger charge is -2.26. The standard InChI is InChI=1S/C14H28N4O/c1-7-8-15-11(3)12-17-18-13(19-12)16-9-10(2)14(4,5)6/h10-11,15H,7-9H2,1-6H3,(H,16,18). The van der Waals surface area contributed by atoms with Crippen molar-refractivity contribution in [1.29, 1.82) is 0 Å². The van der Waals surface area contributed by atoms with Crippen LogP contribution in [-0.2, 0) is 0 Å². The van der Waals surface area contributed by atoms with Crippen LogP contribution >= 0.6 is 0 Å². The van der Waals surface area contributed by atoms with E-state index in [2.05, 4.69) is 55.4 Å². The van der Waals surface area contributed by atoms with Gasteiger partial charge in [0.25, 0.3) is 0 Å². The molecular weight excluding hydrogens is 240 g/mol. The van der Waals surface area contributed by atoms with Crippen LogP contribution in [0.15, 0.2) is 4.42 Å². The van der Waals surface area contributed by atoms with E-state index in [9.17, 15) is 0 Å². The van der Waals surface area contributed by atoms with E-state index in [0.717, 1.165) is 19.5 Å². The fraction of sp³-hybridized carbons (Fsp3) is 0.857. The molecule has 2 unspecified atom stereocenters. The molecule has 0 aliphatic heterocycles. The summed E-state index contributed by atoms with van der Waals surface area (Å²) in [5.41, 5.74) is 0.270. The van der Waals surface area contributed by atoms with Gasteiger partial charge in [0.05, 0.1) is 6.04 Å². The molecule has 2 atom stereocenters. The van der Waals surface area contributed by atoms with Crippen LogP contribution in [-0.4, -0.2) is 23.3 Å².